The molecule has 0 radical (unpaired) electrons. The van der Waals surface area contributed by atoms with Gasteiger partial charge in [-0.15, -0.1) is 24.0 Å². The van der Waals surface area contributed by atoms with Crippen LogP contribution >= 0.6 is 35.3 Å². The highest BCUT2D eigenvalue weighted by Crippen LogP contribution is 2.10. The molecule has 0 spiro atoms. The lowest BCUT2D eigenvalue weighted by molar-refractivity contribution is 0.804. The summed E-state index contributed by atoms with van der Waals surface area (Å²) in [7, 11) is 1.78. The molecule has 7 heteroatoms. The Morgan fingerprint density at radius 2 is 1.83 bits per heavy atom. The molecule has 0 bridgehead atoms. The number of nitrogens with one attached hydrogen (secondary N) is 2. The van der Waals surface area contributed by atoms with Gasteiger partial charge in [-0.05, 0) is 47.9 Å². The molecule has 0 aromatic carbocycles. The molecule has 0 aliphatic heterocycles. The zero-order valence-corrected chi connectivity index (χ0v) is 17.6. The highest BCUT2D eigenvalue weighted by atomic mass is 127. The standard InChI is InChI=1S/C17H25N5S.HI/c1-4-22(5-2)16-7-6-14(10-19-16)11-20-17(18-3)21-12-15-8-9-23-13-15;/h6-10,13H,4-5,11-12H2,1-3H3,(H2,18,20,21);1H. The number of anilines is 1. The van der Waals surface area contributed by atoms with E-state index in [-0.39, 0.29) is 24.0 Å². The largest absolute Gasteiger partial charge is 0.357 e. The number of nitrogens with zero attached hydrogens (tertiary/aromatic N) is 3. The van der Waals surface area contributed by atoms with Gasteiger partial charge in [0.1, 0.15) is 5.82 Å². The Balaban J connectivity index is 0.00000288. The number of hydrogen-bond donors (Lipinski definition) is 2. The lowest BCUT2D eigenvalue weighted by Crippen LogP contribution is -2.36. The molecule has 0 saturated heterocycles. The number of hydrogen-bond acceptors (Lipinski definition) is 4. The molecule has 0 unspecified atom stereocenters. The third-order valence-electron chi connectivity index (χ3n) is 3.62. The van der Waals surface area contributed by atoms with Crippen molar-refractivity contribution in [3.8, 4) is 0 Å². The van der Waals surface area contributed by atoms with Gasteiger partial charge in [0.25, 0.3) is 0 Å². The van der Waals surface area contributed by atoms with Gasteiger partial charge in [-0.1, -0.05) is 6.07 Å². The van der Waals surface area contributed by atoms with E-state index >= 15 is 0 Å². The van der Waals surface area contributed by atoms with E-state index in [4.69, 9.17) is 0 Å². The molecule has 2 N–H and O–H groups in total. The summed E-state index contributed by atoms with van der Waals surface area (Å²) < 4.78 is 0. The maximum Gasteiger partial charge on any atom is 0.191 e. The van der Waals surface area contributed by atoms with Crippen molar-refractivity contribution in [1.82, 2.24) is 15.6 Å². The van der Waals surface area contributed by atoms with Gasteiger partial charge >= 0.3 is 0 Å². The van der Waals surface area contributed by atoms with Crippen LogP contribution in [0.5, 0.6) is 0 Å². The van der Waals surface area contributed by atoms with Crippen molar-refractivity contribution >= 4 is 47.1 Å². The summed E-state index contributed by atoms with van der Waals surface area (Å²) in [4.78, 5) is 11.0. The molecule has 2 rings (SSSR count). The minimum atomic E-state index is 0. The normalized spacial score (nSPS) is 10.9. The fraction of sp³-hybridized carbons (Fsp3) is 0.412. The Kier molecular flexibility index (Phi) is 9.70. The van der Waals surface area contributed by atoms with Gasteiger partial charge in [0.05, 0.1) is 0 Å². The second-order valence-corrected chi connectivity index (χ2v) is 5.89. The lowest BCUT2D eigenvalue weighted by atomic mass is 10.2. The van der Waals surface area contributed by atoms with Crippen LogP contribution in [0.15, 0.2) is 40.1 Å². The van der Waals surface area contributed by atoms with E-state index < -0.39 is 0 Å². The summed E-state index contributed by atoms with van der Waals surface area (Å²) in [6.07, 6.45) is 1.92. The minimum absolute atomic E-state index is 0. The highest BCUT2D eigenvalue weighted by molar-refractivity contribution is 14.0. The van der Waals surface area contributed by atoms with Crippen LogP contribution in [0.1, 0.15) is 25.0 Å². The number of guanidine groups is 1. The molecule has 5 nitrogen and oxygen atoms in total. The Labute approximate surface area is 165 Å². The van der Waals surface area contributed by atoms with E-state index in [0.717, 1.165) is 37.0 Å². The number of thiophene rings is 1. The van der Waals surface area contributed by atoms with Crippen LogP contribution in [-0.4, -0.2) is 31.1 Å². The third-order valence-corrected chi connectivity index (χ3v) is 4.35. The van der Waals surface area contributed by atoms with Crippen molar-refractivity contribution < 1.29 is 0 Å². The van der Waals surface area contributed by atoms with E-state index in [1.165, 1.54) is 5.56 Å². The first kappa shape index (κ1) is 20.7. The Morgan fingerprint density at radius 1 is 1.12 bits per heavy atom. The maximum atomic E-state index is 4.54. The predicted octanol–water partition coefficient (Wildman–Crippen LogP) is 3.47. The second-order valence-electron chi connectivity index (χ2n) is 5.11. The zero-order chi connectivity index (χ0) is 16.5. The van der Waals surface area contributed by atoms with Crippen LogP contribution < -0.4 is 15.5 Å². The van der Waals surface area contributed by atoms with Crippen molar-refractivity contribution in [2.45, 2.75) is 26.9 Å². The van der Waals surface area contributed by atoms with E-state index in [0.29, 0.717) is 6.54 Å². The SMILES string of the molecule is CCN(CC)c1ccc(CNC(=NC)NCc2ccsc2)cn1.I. The maximum absolute atomic E-state index is 4.54. The van der Waals surface area contributed by atoms with Gasteiger partial charge in [0, 0.05) is 39.4 Å². The Bertz CT molecular complexity index is 594. The van der Waals surface area contributed by atoms with Crippen LogP contribution in [0.3, 0.4) is 0 Å². The summed E-state index contributed by atoms with van der Waals surface area (Å²) in [5.41, 5.74) is 2.41. The first-order valence-corrected chi connectivity index (χ1v) is 8.86. The van der Waals surface area contributed by atoms with Crippen molar-refractivity contribution in [2.75, 3.05) is 25.0 Å². The van der Waals surface area contributed by atoms with E-state index in [2.05, 4.69) is 68.3 Å². The van der Waals surface area contributed by atoms with E-state index in [9.17, 15) is 0 Å². The topological polar surface area (TPSA) is 52.5 Å². The quantitative estimate of drug-likeness (QED) is 0.378. The molecule has 24 heavy (non-hydrogen) atoms. The fourth-order valence-corrected chi connectivity index (χ4v) is 2.91. The summed E-state index contributed by atoms with van der Waals surface area (Å²) in [5, 5.41) is 10.8. The molecule has 2 aromatic heterocycles. The summed E-state index contributed by atoms with van der Waals surface area (Å²) >= 11 is 1.70. The third kappa shape index (κ3) is 6.27. The first-order chi connectivity index (χ1) is 11.3. The van der Waals surface area contributed by atoms with Crippen LogP contribution in [0.25, 0.3) is 0 Å². The van der Waals surface area contributed by atoms with Gasteiger partial charge in [-0.25, -0.2) is 4.98 Å². The molecule has 0 fully saturated rings. The lowest BCUT2D eigenvalue weighted by Gasteiger charge is -2.19. The number of aromatic nitrogens is 1. The Morgan fingerprint density at radius 3 is 2.33 bits per heavy atom. The monoisotopic (exact) mass is 459 g/mol. The molecule has 2 heterocycles. The number of halogens is 1. The number of aliphatic imine (C=N–C) groups is 1. The molecular formula is C17H26IN5S. The van der Waals surface area contributed by atoms with Crippen LogP contribution in [0.4, 0.5) is 5.82 Å². The predicted molar refractivity (Wildman–Crippen MR) is 115 cm³/mol. The van der Waals surface area contributed by atoms with E-state index in [1.807, 2.05) is 6.20 Å². The zero-order valence-electron chi connectivity index (χ0n) is 14.5. The van der Waals surface area contributed by atoms with Crippen molar-refractivity contribution in [2.24, 2.45) is 4.99 Å². The van der Waals surface area contributed by atoms with E-state index in [1.54, 1.807) is 18.4 Å². The molecule has 0 aliphatic carbocycles. The molecule has 2 aromatic rings. The van der Waals surface area contributed by atoms with Gasteiger partial charge < -0.3 is 15.5 Å². The first-order valence-electron chi connectivity index (χ1n) is 7.92. The molecule has 0 amide bonds. The van der Waals surface area contributed by atoms with Gasteiger partial charge in [0.15, 0.2) is 5.96 Å². The summed E-state index contributed by atoms with van der Waals surface area (Å²) in [6, 6.07) is 6.30. The summed E-state index contributed by atoms with van der Waals surface area (Å²) in [5.74, 6) is 1.82. The molecule has 0 aliphatic rings. The van der Waals surface area contributed by atoms with Crippen molar-refractivity contribution in [1.29, 1.82) is 0 Å². The van der Waals surface area contributed by atoms with Crippen LogP contribution in [0.2, 0.25) is 0 Å². The van der Waals surface area contributed by atoms with Crippen LogP contribution in [-0.2, 0) is 13.1 Å². The average Bonchev–Trinajstić information content (AvgIpc) is 3.11. The molecular weight excluding hydrogens is 433 g/mol. The van der Waals surface area contributed by atoms with Crippen LogP contribution in [0, 0.1) is 0 Å². The number of rotatable bonds is 7. The van der Waals surface area contributed by atoms with Crippen molar-refractivity contribution in [3.05, 3.63) is 46.3 Å². The van der Waals surface area contributed by atoms with Gasteiger partial charge in [0.2, 0.25) is 0 Å². The second kappa shape index (κ2) is 11.2. The molecule has 0 atom stereocenters. The smallest absolute Gasteiger partial charge is 0.191 e. The average molecular weight is 459 g/mol. The Hall–Kier alpha value is -1.35. The molecule has 132 valence electrons. The fourth-order valence-electron chi connectivity index (χ4n) is 2.24. The highest BCUT2D eigenvalue weighted by Gasteiger charge is 2.04. The van der Waals surface area contributed by atoms with Crippen molar-refractivity contribution in [3.63, 3.8) is 0 Å². The minimum Gasteiger partial charge on any atom is -0.357 e. The number of pyridine rings is 1. The summed E-state index contributed by atoms with van der Waals surface area (Å²) in [6.45, 7) is 7.71. The van der Waals surface area contributed by atoms with Gasteiger partial charge in [-0.2, -0.15) is 11.3 Å². The van der Waals surface area contributed by atoms with Gasteiger partial charge in [-0.3, -0.25) is 4.99 Å². The molecule has 0 saturated carbocycles.